The van der Waals surface area contributed by atoms with Crippen LogP contribution in [0.3, 0.4) is 0 Å². The predicted octanol–water partition coefficient (Wildman–Crippen LogP) is 5.37. The fraction of sp³-hybridized carbons (Fsp3) is 0.517. The van der Waals surface area contributed by atoms with Gasteiger partial charge in [-0.3, -0.25) is 13.9 Å². The van der Waals surface area contributed by atoms with Crippen molar-refractivity contribution in [2.45, 2.75) is 84.3 Å². The molecule has 2 aromatic rings. The Labute approximate surface area is 232 Å². The Kier molecular flexibility index (Phi) is 10.6. The Morgan fingerprint density at radius 2 is 1.76 bits per heavy atom. The molecule has 0 unspecified atom stereocenters. The first-order valence-corrected chi connectivity index (χ1v) is 15.6. The van der Waals surface area contributed by atoms with Gasteiger partial charge >= 0.3 is 0 Å². The highest BCUT2D eigenvalue weighted by Gasteiger charge is 2.28. The van der Waals surface area contributed by atoms with E-state index in [9.17, 15) is 18.0 Å². The first kappa shape index (κ1) is 30.0. The van der Waals surface area contributed by atoms with E-state index in [4.69, 9.17) is 11.6 Å². The van der Waals surface area contributed by atoms with Crippen LogP contribution < -0.4 is 9.62 Å². The van der Waals surface area contributed by atoms with E-state index in [0.717, 1.165) is 42.4 Å². The summed E-state index contributed by atoms with van der Waals surface area (Å²) in [5.74, 6) is -0.370. The molecule has 1 N–H and O–H groups in total. The summed E-state index contributed by atoms with van der Waals surface area (Å²) in [5.41, 5.74) is 3.49. The number of hydrogen-bond acceptors (Lipinski definition) is 4. The average Bonchev–Trinajstić information content (AvgIpc) is 2.86. The first-order chi connectivity index (χ1) is 18.0. The molecule has 38 heavy (non-hydrogen) atoms. The quantitative estimate of drug-likeness (QED) is 0.399. The number of carbonyl (C=O) groups is 2. The zero-order chi connectivity index (χ0) is 27.9. The molecule has 9 heteroatoms. The zero-order valence-corrected chi connectivity index (χ0v) is 24.4. The van der Waals surface area contributed by atoms with Crippen molar-refractivity contribution in [1.82, 2.24) is 10.2 Å². The second kappa shape index (κ2) is 13.5. The van der Waals surface area contributed by atoms with Crippen LogP contribution in [-0.4, -0.2) is 50.0 Å². The van der Waals surface area contributed by atoms with E-state index in [2.05, 4.69) is 5.32 Å². The van der Waals surface area contributed by atoms with E-state index in [1.165, 1.54) is 17.0 Å². The fourth-order valence-electron chi connectivity index (χ4n) is 4.87. The van der Waals surface area contributed by atoms with Crippen LogP contribution in [0.25, 0.3) is 0 Å². The first-order valence-electron chi connectivity index (χ1n) is 13.3. The molecule has 0 aliphatic heterocycles. The van der Waals surface area contributed by atoms with Crippen molar-refractivity contribution in [3.05, 3.63) is 64.2 Å². The number of sulfonamides is 1. The van der Waals surface area contributed by atoms with Crippen molar-refractivity contribution in [2.75, 3.05) is 17.1 Å². The minimum absolute atomic E-state index is 0.110. The highest BCUT2D eigenvalue weighted by atomic mass is 35.5. The van der Waals surface area contributed by atoms with E-state index in [1.54, 1.807) is 30.0 Å². The second-order valence-corrected chi connectivity index (χ2v) is 12.7. The minimum atomic E-state index is -3.54. The molecule has 1 aliphatic carbocycles. The molecule has 7 nitrogen and oxygen atoms in total. The van der Waals surface area contributed by atoms with E-state index >= 15 is 0 Å². The standard InChI is InChI=1S/C29H40ClN3O4S/c1-21-15-16-27(18-22(21)2)33(38(4,36)37)17-9-14-28(34)32(20-24-10-8-11-25(30)19-24)23(3)29(35)31-26-12-6-5-7-13-26/h8,10-11,15-16,18-19,23,26H,5-7,9,12-14,17,20H2,1-4H3,(H,31,35)/t23-/m1/s1. The maximum Gasteiger partial charge on any atom is 0.242 e. The van der Waals surface area contributed by atoms with Gasteiger partial charge in [0.2, 0.25) is 21.8 Å². The van der Waals surface area contributed by atoms with Crippen molar-refractivity contribution in [3.63, 3.8) is 0 Å². The normalized spacial score (nSPS) is 15.1. The minimum Gasteiger partial charge on any atom is -0.352 e. The Morgan fingerprint density at radius 1 is 1.05 bits per heavy atom. The Bertz CT molecular complexity index is 1230. The maximum atomic E-state index is 13.5. The van der Waals surface area contributed by atoms with E-state index in [0.29, 0.717) is 17.1 Å². The summed E-state index contributed by atoms with van der Waals surface area (Å²) in [7, 11) is -3.54. The fourth-order valence-corrected chi connectivity index (χ4v) is 6.04. The number of carbonyl (C=O) groups excluding carboxylic acids is 2. The van der Waals surface area contributed by atoms with Crippen molar-refractivity contribution in [2.24, 2.45) is 0 Å². The number of halogens is 1. The van der Waals surface area contributed by atoms with Gasteiger partial charge in [-0.25, -0.2) is 8.42 Å². The van der Waals surface area contributed by atoms with E-state index < -0.39 is 16.1 Å². The van der Waals surface area contributed by atoms with Gasteiger partial charge in [0.25, 0.3) is 0 Å². The molecular formula is C29H40ClN3O4S. The third kappa shape index (κ3) is 8.46. The van der Waals surface area contributed by atoms with Gasteiger partial charge < -0.3 is 10.2 Å². The lowest BCUT2D eigenvalue weighted by atomic mass is 9.95. The summed E-state index contributed by atoms with van der Waals surface area (Å²) < 4.78 is 26.5. The number of anilines is 1. The molecule has 0 aromatic heterocycles. The average molecular weight is 562 g/mol. The molecular weight excluding hydrogens is 522 g/mol. The van der Waals surface area contributed by atoms with Gasteiger partial charge in [0.1, 0.15) is 6.04 Å². The van der Waals surface area contributed by atoms with Crippen LogP contribution in [0.15, 0.2) is 42.5 Å². The molecule has 0 heterocycles. The number of hydrogen-bond donors (Lipinski definition) is 1. The van der Waals surface area contributed by atoms with Crippen molar-refractivity contribution in [3.8, 4) is 0 Å². The van der Waals surface area contributed by atoms with Gasteiger partial charge in [-0.15, -0.1) is 0 Å². The molecule has 1 fully saturated rings. The van der Waals surface area contributed by atoms with Gasteiger partial charge in [0.15, 0.2) is 0 Å². The summed E-state index contributed by atoms with van der Waals surface area (Å²) in [6.07, 6.45) is 6.91. The van der Waals surface area contributed by atoms with Gasteiger partial charge in [-0.2, -0.15) is 0 Å². The summed E-state index contributed by atoms with van der Waals surface area (Å²) >= 11 is 6.17. The van der Waals surface area contributed by atoms with Crippen LogP contribution in [0.1, 0.15) is 68.6 Å². The number of nitrogens with zero attached hydrogens (tertiary/aromatic N) is 2. The number of amides is 2. The van der Waals surface area contributed by atoms with Crippen molar-refractivity contribution >= 4 is 39.1 Å². The van der Waals surface area contributed by atoms with Crippen molar-refractivity contribution in [1.29, 1.82) is 0 Å². The SMILES string of the molecule is Cc1ccc(N(CCCC(=O)N(Cc2cccc(Cl)c2)[C@H](C)C(=O)NC2CCCCC2)S(C)(=O)=O)cc1C. The lowest BCUT2D eigenvalue weighted by molar-refractivity contribution is -0.141. The molecule has 1 aliphatic rings. The molecule has 3 rings (SSSR count). The third-order valence-corrected chi connectivity index (χ3v) is 8.72. The van der Waals surface area contributed by atoms with Gasteiger partial charge in [-0.1, -0.05) is 49.1 Å². The van der Waals surface area contributed by atoms with Crippen LogP contribution in [0.5, 0.6) is 0 Å². The molecule has 0 radical (unpaired) electrons. The summed E-state index contributed by atoms with van der Waals surface area (Å²) in [6.45, 7) is 6.07. The predicted molar refractivity (Wildman–Crippen MR) is 154 cm³/mol. The molecule has 2 aromatic carbocycles. The van der Waals surface area contributed by atoms with Crippen molar-refractivity contribution < 1.29 is 18.0 Å². The zero-order valence-electron chi connectivity index (χ0n) is 22.9. The maximum absolute atomic E-state index is 13.5. The topological polar surface area (TPSA) is 86.8 Å². The molecule has 0 spiro atoms. The molecule has 208 valence electrons. The van der Waals surface area contributed by atoms with Gasteiger partial charge in [0.05, 0.1) is 11.9 Å². The molecule has 1 atom stereocenters. The second-order valence-electron chi connectivity index (χ2n) is 10.4. The van der Waals surface area contributed by atoms with Gasteiger partial charge in [-0.05, 0) is 81.0 Å². The molecule has 1 saturated carbocycles. The molecule has 2 amide bonds. The number of benzene rings is 2. The lowest BCUT2D eigenvalue weighted by Gasteiger charge is -2.31. The summed E-state index contributed by atoms with van der Waals surface area (Å²) in [5, 5.41) is 3.69. The Morgan fingerprint density at radius 3 is 2.39 bits per heavy atom. The van der Waals surface area contributed by atoms with E-state index in [1.807, 2.05) is 38.1 Å². The van der Waals surface area contributed by atoms with Crippen LogP contribution in [0.4, 0.5) is 5.69 Å². The van der Waals surface area contributed by atoms with Crippen LogP contribution in [0.2, 0.25) is 5.02 Å². The van der Waals surface area contributed by atoms with Crippen LogP contribution in [-0.2, 0) is 26.2 Å². The lowest BCUT2D eigenvalue weighted by Crippen LogP contribution is -2.50. The van der Waals surface area contributed by atoms with Crippen LogP contribution in [0, 0.1) is 13.8 Å². The highest BCUT2D eigenvalue weighted by molar-refractivity contribution is 7.92. The monoisotopic (exact) mass is 561 g/mol. The van der Waals surface area contributed by atoms with Crippen LogP contribution >= 0.6 is 11.6 Å². The van der Waals surface area contributed by atoms with E-state index in [-0.39, 0.29) is 37.4 Å². The summed E-state index contributed by atoms with van der Waals surface area (Å²) in [4.78, 5) is 28.2. The number of rotatable bonds is 11. The number of nitrogens with one attached hydrogen (secondary N) is 1. The summed E-state index contributed by atoms with van der Waals surface area (Å²) in [6, 6.07) is 12.3. The van der Waals surface area contributed by atoms with Gasteiger partial charge in [0, 0.05) is 30.6 Å². The number of aryl methyl sites for hydroxylation is 2. The Hall–Kier alpha value is -2.58. The highest BCUT2D eigenvalue weighted by Crippen LogP contribution is 2.23. The molecule has 0 saturated heterocycles. The largest absolute Gasteiger partial charge is 0.352 e. The Balaban J connectivity index is 1.72. The molecule has 0 bridgehead atoms. The third-order valence-electron chi connectivity index (χ3n) is 7.29. The smallest absolute Gasteiger partial charge is 0.242 e.